The molecule has 27 heavy (non-hydrogen) atoms. The molecule has 3 rings (SSSR count). The van der Waals surface area contributed by atoms with Crippen LogP contribution >= 0.6 is 0 Å². The van der Waals surface area contributed by atoms with E-state index in [9.17, 15) is 9.90 Å². The Bertz CT molecular complexity index is 1060. The van der Waals surface area contributed by atoms with Crippen LogP contribution in [0.25, 0.3) is 22.3 Å². The molecule has 0 aliphatic rings. The fourth-order valence-electron chi connectivity index (χ4n) is 3.00. The first-order valence-electron chi connectivity index (χ1n) is 8.49. The summed E-state index contributed by atoms with van der Waals surface area (Å²) < 4.78 is 16.7. The largest absolute Gasteiger partial charge is 0.507 e. The molecule has 2 aromatic carbocycles. The first-order chi connectivity index (χ1) is 12.8. The van der Waals surface area contributed by atoms with Crippen LogP contribution in [0.5, 0.6) is 17.2 Å². The highest BCUT2D eigenvalue weighted by Crippen LogP contribution is 2.39. The molecule has 0 unspecified atom stereocenters. The van der Waals surface area contributed by atoms with E-state index in [0.717, 1.165) is 5.56 Å². The zero-order valence-corrected chi connectivity index (χ0v) is 15.8. The number of phenolic OH excluding ortho intramolecular Hbond substituents is 1. The van der Waals surface area contributed by atoms with E-state index in [1.807, 2.05) is 13.8 Å². The van der Waals surface area contributed by atoms with Crippen LogP contribution in [0.15, 0.2) is 58.3 Å². The zero-order valence-electron chi connectivity index (χ0n) is 15.8. The lowest BCUT2D eigenvalue weighted by Gasteiger charge is -2.22. The first-order valence-corrected chi connectivity index (χ1v) is 8.49. The molecule has 0 aliphatic carbocycles. The van der Waals surface area contributed by atoms with Gasteiger partial charge in [0.1, 0.15) is 22.5 Å². The minimum atomic E-state index is -0.465. The minimum absolute atomic E-state index is 0.0385. The molecule has 0 aliphatic heterocycles. The Morgan fingerprint density at radius 2 is 1.74 bits per heavy atom. The zero-order chi connectivity index (χ0) is 19.8. The molecule has 0 spiro atoms. The van der Waals surface area contributed by atoms with Crippen LogP contribution in [0, 0.1) is 0 Å². The van der Waals surface area contributed by atoms with Crippen molar-refractivity contribution in [2.45, 2.75) is 19.3 Å². The number of aromatic hydroxyl groups is 1. The summed E-state index contributed by atoms with van der Waals surface area (Å²) >= 11 is 0. The topological polar surface area (TPSA) is 68.9 Å². The van der Waals surface area contributed by atoms with Crippen LogP contribution < -0.4 is 14.9 Å². The number of ether oxygens (including phenoxy) is 2. The lowest BCUT2D eigenvalue weighted by molar-refractivity contribution is 0.397. The van der Waals surface area contributed by atoms with Crippen molar-refractivity contribution in [2.24, 2.45) is 0 Å². The van der Waals surface area contributed by atoms with Crippen molar-refractivity contribution in [3.05, 3.63) is 64.8 Å². The molecule has 0 bridgehead atoms. The molecule has 0 saturated carbocycles. The third kappa shape index (κ3) is 3.05. The van der Waals surface area contributed by atoms with Crippen molar-refractivity contribution in [3.8, 4) is 28.6 Å². The van der Waals surface area contributed by atoms with Gasteiger partial charge in [0.25, 0.3) is 0 Å². The number of rotatable bonds is 5. The van der Waals surface area contributed by atoms with Crippen molar-refractivity contribution in [1.82, 2.24) is 0 Å². The number of allylic oxidation sites excluding steroid dienone is 1. The van der Waals surface area contributed by atoms with Crippen molar-refractivity contribution < 1.29 is 19.0 Å². The van der Waals surface area contributed by atoms with Gasteiger partial charge in [-0.2, -0.15) is 0 Å². The molecule has 0 fully saturated rings. The van der Waals surface area contributed by atoms with Gasteiger partial charge in [-0.25, -0.2) is 0 Å². The lowest BCUT2D eigenvalue weighted by Crippen LogP contribution is -2.16. The summed E-state index contributed by atoms with van der Waals surface area (Å²) in [6.45, 7) is 7.80. The highest BCUT2D eigenvalue weighted by Gasteiger charge is 2.26. The molecule has 3 aromatic rings. The fraction of sp³-hybridized carbons (Fsp3) is 0.227. The molecule has 0 amide bonds. The van der Waals surface area contributed by atoms with Crippen molar-refractivity contribution in [2.75, 3.05) is 14.2 Å². The third-order valence-electron chi connectivity index (χ3n) is 4.74. The van der Waals surface area contributed by atoms with E-state index in [0.29, 0.717) is 22.7 Å². The Balaban J connectivity index is 2.42. The Hall–Kier alpha value is -3.21. The number of phenols is 1. The van der Waals surface area contributed by atoms with Crippen molar-refractivity contribution >= 4 is 11.0 Å². The maximum atomic E-state index is 13.1. The van der Waals surface area contributed by atoms with Gasteiger partial charge in [-0.1, -0.05) is 26.0 Å². The van der Waals surface area contributed by atoms with Crippen molar-refractivity contribution in [1.29, 1.82) is 0 Å². The van der Waals surface area contributed by atoms with E-state index in [1.54, 1.807) is 43.5 Å². The Morgan fingerprint density at radius 1 is 1.07 bits per heavy atom. The van der Waals surface area contributed by atoms with Crippen molar-refractivity contribution in [3.63, 3.8) is 0 Å². The molecule has 5 nitrogen and oxygen atoms in total. The summed E-state index contributed by atoms with van der Waals surface area (Å²) in [6, 6.07) is 10.4. The summed E-state index contributed by atoms with van der Waals surface area (Å²) in [7, 11) is 2.98. The van der Waals surface area contributed by atoms with Gasteiger partial charge in [-0.3, -0.25) is 4.79 Å². The summed E-state index contributed by atoms with van der Waals surface area (Å²) in [5.41, 5.74) is 0.839. The number of hydrogen-bond donors (Lipinski definition) is 1. The molecule has 5 heteroatoms. The fourth-order valence-corrected chi connectivity index (χ4v) is 3.00. The number of benzene rings is 2. The highest BCUT2D eigenvalue weighted by molar-refractivity contribution is 5.90. The average molecular weight is 366 g/mol. The molecule has 0 saturated heterocycles. The molecule has 0 radical (unpaired) electrons. The Kier molecular flexibility index (Phi) is 4.70. The molecular weight excluding hydrogens is 344 g/mol. The predicted molar refractivity (Wildman–Crippen MR) is 106 cm³/mol. The van der Waals surface area contributed by atoms with Gasteiger partial charge in [0.15, 0.2) is 5.76 Å². The SMILES string of the molecule is C=CC(C)(C)c1ccc(O)c2c(=O)c(OC)c(-c3ccc(OC)cc3)oc12. The van der Waals surface area contributed by atoms with Gasteiger partial charge in [0, 0.05) is 16.5 Å². The van der Waals surface area contributed by atoms with Crippen LogP contribution in [0.1, 0.15) is 19.4 Å². The lowest BCUT2D eigenvalue weighted by atomic mass is 9.83. The third-order valence-corrected chi connectivity index (χ3v) is 4.74. The molecular formula is C22H22O5. The van der Waals surface area contributed by atoms with Crippen LogP contribution in [0.4, 0.5) is 0 Å². The second-order valence-corrected chi connectivity index (χ2v) is 6.78. The van der Waals surface area contributed by atoms with Gasteiger partial charge in [0.05, 0.1) is 14.2 Å². The van der Waals surface area contributed by atoms with Gasteiger partial charge >= 0.3 is 0 Å². The second kappa shape index (κ2) is 6.83. The predicted octanol–water partition coefficient (Wildman–Crippen LogP) is 4.65. The van der Waals surface area contributed by atoms with E-state index in [2.05, 4.69) is 6.58 Å². The Morgan fingerprint density at radius 3 is 2.30 bits per heavy atom. The monoisotopic (exact) mass is 366 g/mol. The van der Waals surface area contributed by atoms with Crippen LogP contribution in [-0.4, -0.2) is 19.3 Å². The quantitative estimate of drug-likeness (QED) is 0.666. The summed E-state index contributed by atoms with van der Waals surface area (Å²) in [5, 5.41) is 10.4. The van der Waals surface area contributed by atoms with Crippen LogP contribution in [0.2, 0.25) is 0 Å². The highest BCUT2D eigenvalue weighted by atomic mass is 16.5. The van der Waals surface area contributed by atoms with Crippen LogP contribution in [-0.2, 0) is 5.41 Å². The minimum Gasteiger partial charge on any atom is -0.507 e. The van der Waals surface area contributed by atoms with E-state index >= 15 is 0 Å². The standard InChI is InChI=1S/C22H22O5/c1-6-22(2,3)15-11-12-16(23)17-18(24)21(26-5)19(27-20(15)17)13-7-9-14(25-4)10-8-13/h6-12,23H,1H2,2-5H3. The van der Waals surface area contributed by atoms with Gasteiger partial charge in [-0.05, 0) is 30.3 Å². The maximum absolute atomic E-state index is 13.1. The molecule has 0 atom stereocenters. The second-order valence-electron chi connectivity index (χ2n) is 6.78. The van der Waals surface area contributed by atoms with E-state index in [4.69, 9.17) is 13.9 Å². The van der Waals surface area contributed by atoms with E-state index in [1.165, 1.54) is 13.2 Å². The number of hydrogen-bond acceptors (Lipinski definition) is 5. The average Bonchev–Trinajstić information content (AvgIpc) is 2.67. The number of methoxy groups -OCH3 is 2. The maximum Gasteiger partial charge on any atom is 0.239 e. The normalized spacial score (nSPS) is 11.4. The number of fused-ring (bicyclic) bond motifs is 1. The van der Waals surface area contributed by atoms with Gasteiger partial charge < -0.3 is 19.0 Å². The van der Waals surface area contributed by atoms with E-state index in [-0.39, 0.29) is 16.9 Å². The molecule has 140 valence electrons. The summed E-state index contributed by atoms with van der Waals surface area (Å²) in [6.07, 6.45) is 1.77. The van der Waals surface area contributed by atoms with E-state index < -0.39 is 10.8 Å². The van der Waals surface area contributed by atoms with Crippen LogP contribution in [0.3, 0.4) is 0 Å². The van der Waals surface area contributed by atoms with Gasteiger partial charge in [0.2, 0.25) is 11.2 Å². The van der Waals surface area contributed by atoms with Gasteiger partial charge in [-0.15, -0.1) is 6.58 Å². The summed E-state index contributed by atoms with van der Waals surface area (Å²) in [4.78, 5) is 13.1. The summed E-state index contributed by atoms with van der Waals surface area (Å²) in [5.74, 6) is 0.870. The smallest absolute Gasteiger partial charge is 0.239 e. The molecule has 1 aromatic heterocycles. The Labute approximate surface area is 157 Å². The first kappa shape index (κ1) is 18.6. The molecule has 1 heterocycles. The molecule has 1 N–H and O–H groups in total.